The quantitative estimate of drug-likeness (QED) is 0.552. The molecule has 3 heterocycles. The standard InChI is InChI=1S/C24H32N6O4S/c1-3-28-11-13-29(14-12-28)35(33,34)18-9-10-19(20(31)15-18)23-25-21-16(2)27-30(22(21)24(32)26-23)17-7-5-4-6-8-17/h9-10,15,17,31H,3-8,11-14H2,1-2H3,(H,25,26,32). The maximum absolute atomic E-state index is 13.1. The van der Waals surface area contributed by atoms with Crippen molar-refractivity contribution in [2.24, 2.45) is 0 Å². The van der Waals surface area contributed by atoms with E-state index in [1.54, 1.807) is 0 Å². The average molecular weight is 501 g/mol. The largest absolute Gasteiger partial charge is 0.507 e. The lowest BCUT2D eigenvalue weighted by Crippen LogP contribution is -2.48. The fourth-order valence-electron chi connectivity index (χ4n) is 5.22. The zero-order valence-corrected chi connectivity index (χ0v) is 21.0. The Morgan fingerprint density at radius 3 is 2.49 bits per heavy atom. The van der Waals surface area contributed by atoms with Gasteiger partial charge in [-0.1, -0.05) is 26.2 Å². The number of aromatic amines is 1. The van der Waals surface area contributed by atoms with Crippen LogP contribution < -0.4 is 5.56 Å². The molecule has 2 aromatic heterocycles. The fraction of sp³-hybridized carbons (Fsp3) is 0.542. The van der Waals surface area contributed by atoms with Crippen molar-refractivity contribution in [2.45, 2.75) is 56.9 Å². The van der Waals surface area contributed by atoms with Crippen molar-refractivity contribution in [3.63, 3.8) is 0 Å². The molecule has 0 spiro atoms. The molecule has 0 radical (unpaired) electrons. The van der Waals surface area contributed by atoms with E-state index in [2.05, 4.69) is 26.9 Å². The number of aryl methyl sites for hydroxylation is 1. The highest BCUT2D eigenvalue weighted by Gasteiger charge is 2.29. The van der Waals surface area contributed by atoms with Gasteiger partial charge >= 0.3 is 0 Å². The first-order valence-corrected chi connectivity index (χ1v) is 13.8. The molecule has 1 aromatic carbocycles. The van der Waals surface area contributed by atoms with Gasteiger partial charge in [0.2, 0.25) is 10.0 Å². The maximum atomic E-state index is 13.1. The Labute approximate surface area is 204 Å². The lowest BCUT2D eigenvalue weighted by atomic mass is 9.95. The summed E-state index contributed by atoms with van der Waals surface area (Å²) < 4.78 is 29.5. The van der Waals surface area contributed by atoms with Crippen LogP contribution in [0.15, 0.2) is 27.9 Å². The van der Waals surface area contributed by atoms with E-state index in [0.717, 1.165) is 32.2 Å². The van der Waals surface area contributed by atoms with E-state index in [0.29, 0.717) is 42.9 Å². The van der Waals surface area contributed by atoms with Gasteiger partial charge in [0.25, 0.3) is 5.56 Å². The minimum Gasteiger partial charge on any atom is -0.507 e. The molecule has 1 saturated heterocycles. The summed E-state index contributed by atoms with van der Waals surface area (Å²) >= 11 is 0. The Balaban J connectivity index is 1.48. The molecule has 0 unspecified atom stereocenters. The van der Waals surface area contributed by atoms with Crippen molar-refractivity contribution in [3.05, 3.63) is 34.2 Å². The third-order valence-electron chi connectivity index (χ3n) is 7.29. The smallest absolute Gasteiger partial charge is 0.277 e. The van der Waals surface area contributed by atoms with Crippen LogP contribution in [0.3, 0.4) is 0 Å². The van der Waals surface area contributed by atoms with E-state index in [-0.39, 0.29) is 33.6 Å². The fourth-order valence-corrected chi connectivity index (χ4v) is 6.66. The third kappa shape index (κ3) is 4.36. The third-order valence-corrected chi connectivity index (χ3v) is 9.18. The molecule has 1 aliphatic heterocycles. The summed E-state index contributed by atoms with van der Waals surface area (Å²) in [6.07, 6.45) is 5.41. The number of piperazine rings is 1. The summed E-state index contributed by atoms with van der Waals surface area (Å²) in [5.41, 5.74) is 1.55. The molecule has 2 aliphatic rings. The van der Waals surface area contributed by atoms with Crippen molar-refractivity contribution in [1.82, 2.24) is 29.0 Å². The number of likely N-dealkylation sites (N-methyl/N-ethyl adjacent to an activating group) is 1. The van der Waals surface area contributed by atoms with E-state index < -0.39 is 10.0 Å². The summed E-state index contributed by atoms with van der Waals surface area (Å²) in [6.45, 7) is 6.95. The predicted octanol–water partition coefficient (Wildman–Crippen LogP) is 2.63. The van der Waals surface area contributed by atoms with Crippen LogP contribution in [0.4, 0.5) is 0 Å². The molecule has 2 N–H and O–H groups in total. The molecular weight excluding hydrogens is 468 g/mol. The van der Waals surface area contributed by atoms with Crippen molar-refractivity contribution in [3.8, 4) is 17.1 Å². The number of hydrogen-bond acceptors (Lipinski definition) is 7. The summed E-state index contributed by atoms with van der Waals surface area (Å²) in [5.74, 6) is -0.0649. The van der Waals surface area contributed by atoms with Gasteiger partial charge in [0.1, 0.15) is 17.1 Å². The first-order valence-electron chi connectivity index (χ1n) is 12.3. The van der Waals surface area contributed by atoms with E-state index >= 15 is 0 Å². The Kier molecular flexibility index (Phi) is 6.41. The highest BCUT2D eigenvalue weighted by Crippen LogP contribution is 2.33. The van der Waals surface area contributed by atoms with Gasteiger partial charge in [-0.05, 0) is 38.4 Å². The van der Waals surface area contributed by atoms with Crippen LogP contribution in [0.2, 0.25) is 0 Å². The molecule has 188 valence electrons. The lowest BCUT2D eigenvalue weighted by molar-refractivity contribution is 0.196. The number of H-pyrrole nitrogens is 1. The summed E-state index contributed by atoms with van der Waals surface area (Å²) in [5, 5.41) is 15.4. The highest BCUT2D eigenvalue weighted by molar-refractivity contribution is 7.89. The van der Waals surface area contributed by atoms with Crippen LogP contribution in [-0.2, 0) is 10.0 Å². The van der Waals surface area contributed by atoms with Gasteiger partial charge in [0.05, 0.1) is 22.2 Å². The maximum Gasteiger partial charge on any atom is 0.277 e. The number of phenols is 1. The second-order valence-corrected chi connectivity index (χ2v) is 11.4. The number of phenolic OH excluding ortho intramolecular Hbond substituents is 1. The molecule has 0 atom stereocenters. The van der Waals surface area contributed by atoms with E-state index in [9.17, 15) is 18.3 Å². The van der Waals surface area contributed by atoms with E-state index in [1.165, 1.54) is 28.9 Å². The monoisotopic (exact) mass is 500 g/mol. The Bertz CT molecular complexity index is 1400. The second-order valence-electron chi connectivity index (χ2n) is 9.45. The molecule has 2 fully saturated rings. The summed E-state index contributed by atoms with van der Waals surface area (Å²) in [6, 6.07) is 4.37. The number of nitrogens with one attached hydrogen (secondary N) is 1. The van der Waals surface area contributed by atoms with Crippen LogP contribution >= 0.6 is 0 Å². The number of aromatic nitrogens is 4. The molecule has 1 saturated carbocycles. The molecule has 5 rings (SSSR count). The number of benzene rings is 1. The Hall–Kier alpha value is -2.76. The molecule has 0 amide bonds. The van der Waals surface area contributed by atoms with Gasteiger partial charge in [-0.3, -0.25) is 9.48 Å². The Morgan fingerprint density at radius 2 is 1.83 bits per heavy atom. The molecule has 3 aromatic rings. The number of fused-ring (bicyclic) bond motifs is 1. The summed E-state index contributed by atoms with van der Waals surface area (Å²) in [4.78, 5) is 22.7. The molecule has 1 aliphatic carbocycles. The minimum absolute atomic E-state index is 0.0217. The molecule has 10 nitrogen and oxygen atoms in total. The molecule has 35 heavy (non-hydrogen) atoms. The number of aromatic hydroxyl groups is 1. The van der Waals surface area contributed by atoms with Gasteiger partial charge in [0.15, 0.2) is 5.52 Å². The van der Waals surface area contributed by atoms with Gasteiger partial charge in [-0.15, -0.1) is 0 Å². The van der Waals surface area contributed by atoms with Crippen LogP contribution in [0.1, 0.15) is 50.8 Å². The number of hydrogen-bond donors (Lipinski definition) is 2. The second kappa shape index (κ2) is 9.36. The van der Waals surface area contributed by atoms with Gasteiger partial charge in [0, 0.05) is 32.2 Å². The average Bonchev–Trinajstić information content (AvgIpc) is 3.21. The Morgan fingerprint density at radius 1 is 1.11 bits per heavy atom. The lowest BCUT2D eigenvalue weighted by Gasteiger charge is -2.33. The van der Waals surface area contributed by atoms with Gasteiger partial charge in [-0.25, -0.2) is 13.4 Å². The first-order chi connectivity index (χ1) is 16.8. The number of rotatable bonds is 5. The predicted molar refractivity (Wildman–Crippen MR) is 133 cm³/mol. The molecule has 11 heteroatoms. The van der Waals surface area contributed by atoms with Crippen LogP contribution in [0.5, 0.6) is 5.75 Å². The van der Waals surface area contributed by atoms with Crippen LogP contribution in [0, 0.1) is 6.92 Å². The first kappa shape index (κ1) is 24.0. The zero-order chi connectivity index (χ0) is 24.7. The van der Waals surface area contributed by atoms with Crippen molar-refractivity contribution < 1.29 is 13.5 Å². The molecular formula is C24H32N6O4S. The van der Waals surface area contributed by atoms with Crippen molar-refractivity contribution in [1.29, 1.82) is 0 Å². The summed E-state index contributed by atoms with van der Waals surface area (Å²) in [7, 11) is -3.73. The van der Waals surface area contributed by atoms with E-state index in [1.807, 2.05) is 11.6 Å². The van der Waals surface area contributed by atoms with E-state index in [4.69, 9.17) is 0 Å². The zero-order valence-electron chi connectivity index (χ0n) is 20.2. The SMILES string of the molecule is CCN1CCN(S(=O)(=O)c2ccc(-c3nc4c(C)nn(C5CCCCC5)c4c(=O)[nH]3)c(O)c2)CC1. The van der Waals surface area contributed by atoms with Crippen LogP contribution in [0.25, 0.3) is 22.4 Å². The van der Waals surface area contributed by atoms with Crippen molar-refractivity contribution >= 4 is 21.1 Å². The van der Waals surface area contributed by atoms with Crippen molar-refractivity contribution in [2.75, 3.05) is 32.7 Å². The van der Waals surface area contributed by atoms with Crippen LogP contribution in [-0.4, -0.2) is 75.2 Å². The highest BCUT2D eigenvalue weighted by atomic mass is 32.2. The topological polar surface area (TPSA) is 124 Å². The number of sulfonamides is 1. The number of nitrogens with zero attached hydrogens (tertiary/aromatic N) is 5. The normalized spacial score (nSPS) is 18.9. The molecule has 0 bridgehead atoms. The van der Waals surface area contributed by atoms with Gasteiger partial charge < -0.3 is 15.0 Å². The minimum atomic E-state index is -3.73. The van der Waals surface area contributed by atoms with Gasteiger partial charge in [-0.2, -0.15) is 9.40 Å².